The third-order valence-electron chi connectivity index (χ3n) is 9.86. The maximum Gasteiger partial charge on any atom is 0.217 e. The van der Waals surface area contributed by atoms with Crippen molar-refractivity contribution in [2.75, 3.05) is 32.5 Å². The molecule has 3 aromatic rings. The molecular weight excluding hydrogens is 536 g/mol. The minimum absolute atomic E-state index is 0.0106. The molecule has 2 aliphatic carbocycles. The molecule has 41 heavy (non-hydrogen) atoms. The lowest BCUT2D eigenvalue weighted by molar-refractivity contribution is 0.0841. The molecule has 2 N–H and O–H groups in total. The van der Waals surface area contributed by atoms with Crippen LogP contribution in [0.25, 0.3) is 11.5 Å². The van der Waals surface area contributed by atoms with E-state index in [0.717, 1.165) is 100 Å². The summed E-state index contributed by atoms with van der Waals surface area (Å²) in [6.45, 7) is 4.71. The Balaban J connectivity index is 1.30. The number of ether oxygens (including phenoxy) is 2. The van der Waals surface area contributed by atoms with Gasteiger partial charge >= 0.3 is 0 Å². The van der Waals surface area contributed by atoms with E-state index in [1.54, 1.807) is 11.3 Å². The number of fused-ring (bicyclic) bond motifs is 4. The number of anilines is 1. The van der Waals surface area contributed by atoms with E-state index in [4.69, 9.17) is 29.7 Å². The van der Waals surface area contributed by atoms with Crippen LogP contribution >= 0.6 is 11.3 Å². The molecule has 0 unspecified atom stereocenters. The number of likely N-dealkylation sites (tertiary alicyclic amines) is 1. The van der Waals surface area contributed by atoms with E-state index in [1.165, 1.54) is 11.3 Å². The van der Waals surface area contributed by atoms with Crippen LogP contribution in [0, 0.1) is 11.3 Å². The second kappa shape index (κ2) is 10.7. The molecule has 9 nitrogen and oxygen atoms in total. The second-order valence-electron chi connectivity index (χ2n) is 12.2. The van der Waals surface area contributed by atoms with E-state index in [9.17, 15) is 5.26 Å². The Bertz CT molecular complexity index is 1480. The zero-order valence-electron chi connectivity index (χ0n) is 23.9. The molecule has 0 aromatic carbocycles. The van der Waals surface area contributed by atoms with Crippen molar-refractivity contribution in [3.05, 3.63) is 39.1 Å². The van der Waals surface area contributed by atoms with Crippen LogP contribution < -0.4 is 10.5 Å². The van der Waals surface area contributed by atoms with Crippen molar-refractivity contribution in [3.63, 3.8) is 0 Å². The highest BCUT2D eigenvalue weighted by molar-refractivity contribution is 7.16. The number of aryl methyl sites for hydroxylation is 1. The molecular formula is C31H38N6O3S. The summed E-state index contributed by atoms with van der Waals surface area (Å²) in [4.78, 5) is 13.6. The van der Waals surface area contributed by atoms with Crippen LogP contribution in [0.2, 0.25) is 0 Å². The number of hydrogen-bond acceptors (Lipinski definition) is 10. The molecule has 4 aliphatic rings. The number of nitrogen functional groups attached to an aromatic ring is 1. The van der Waals surface area contributed by atoms with Gasteiger partial charge in [0.2, 0.25) is 5.88 Å². The Morgan fingerprint density at radius 1 is 1.17 bits per heavy atom. The molecule has 2 saturated heterocycles. The molecule has 7 rings (SSSR count). The minimum Gasteiger partial charge on any atom is -0.473 e. The number of thiophene rings is 1. The zero-order valence-corrected chi connectivity index (χ0v) is 24.8. The zero-order chi connectivity index (χ0) is 28.1. The van der Waals surface area contributed by atoms with Crippen LogP contribution in [-0.2, 0) is 23.0 Å². The van der Waals surface area contributed by atoms with Crippen LogP contribution in [0.5, 0.6) is 5.88 Å². The van der Waals surface area contributed by atoms with Gasteiger partial charge in [0.15, 0.2) is 17.3 Å². The molecule has 1 spiro atoms. The topological polar surface area (TPSA) is 123 Å². The molecule has 5 heterocycles. The Morgan fingerprint density at radius 2 is 1.98 bits per heavy atom. The fraction of sp³-hybridized carbons (Fsp3) is 0.613. The van der Waals surface area contributed by atoms with E-state index < -0.39 is 0 Å². The van der Waals surface area contributed by atoms with Gasteiger partial charge in [-0.05, 0) is 90.3 Å². The first-order chi connectivity index (χ1) is 20.0. The van der Waals surface area contributed by atoms with Gasteiger partial charge in [0.05, 0.1) is 16.7 Å². The van der Waals surface area contributed by atoms with Crippen LogP contribution in [0.3, 0.4) is 0 Å². The van der Waals surface area contributed by atoms with Crippen molar-refractivity contribution in [1.29, 1.82) is 5.26 Å². The highest BCUT2D eigenvalue weighted by Gasteiger charge is 2.49. The summed E-state index contributed by atoms with van der Waals surface area (Å²) < 4.78 is 18.4. The lowest BCUT2D eigenvalue weighted by Gasteiger charge is -2.39. The van der Waals surface area contributed by atoms with Crippen LogP contribution in [0.15, 0.2) is 10.6 Å². The van der Waals surface area contributed by atoms with Crippen molar-refractivity contribution in [1.82, 2.24) is 20.0 Å². The normalized spacial score (nSPS) is 25.5. The number of nitriles is 1. The summed E-state index contributed by atoms with van der Waals surface area (Å²) in [5.41, 5.74) is 10.4. The molecule has 10 heteroatoms. The van der Waals surface area contributed by atoms with Gasteiger partial charge in [-0.15, -0.1) is 11.3 Å². The summed E-state index contributed by atoms with van der Waals surface area (Å²) in [7, 11) is 2.17. The fourth-order valence-electron chi connectivity index (χ4n) is 7.83. The van der Waals surface area contributed by atoms with E-state index in [2.05, 4.69) is 30.1 Å². The van der Waals surface area contributed by atoms with Gasteiger partial charge in [0, 0.05) is 41.7 Å². The molecule has 3 aromatic heterocycles. The molecule has 0 radical (unpaired) electrons. The van der Waals surface area contributed by atoms with Gasteiger partial charge in [0.25, 0.3) is 0 Å². The highest BCUT2D eigenvalue weighted by Crippen LogP contribution is 2.55. The largest absolute Gasteiger partial charge is 0.473 e. The third-order valence-corrected chi connectivity index (χ3v) is 10.9. The third kappa shape index (κ3) is 4.53. The second-order valence-corrected chi connectivity index (χ2v) is 13.4. The van der Waals surface area contributed by atoms with Crippen molar-refractivity contribution in [3.8, 4) is 23.5 Å². The summed E-state index contributed by atoms with van der Waals surface area (Å²) in [6.07, 6.45) is 9.85. The summed E-state index contributed by atoms with van der Waals surface area (Å²) in [5.74, 6) is 2.33. The Labute approximate surface area is 245 Å². The predicted molar refractivity (Wildman–Crippen MR) is 156 cm³/mol. The Morgan fingerprint density at radius 3 is 2.73 bits per heavy atom. The number of nitrogens with zero attached hydrogens (tertiary/aromatic N) is 5. The standard InChI is InChI=1S/C31H38N6O3S/c1-18(23-7-5-13-37(23)2)39-25-16-22(19-9-14-38-15-10-19)34-30(35-25)27-20-6-3-11-31(28(20)40-36-27)12-4-8-24-26(31)21(17-32)29(33)41-24/h16,18-19,23H,3-15,33H2,1-2H3/t18-,23-,31-/m0/s1. The maximum atomic E-state index is 10.0. The number of rotatable bonds is 5. The molecule has 0 bridgehead atoms. The number of hydrogen-bond donors (Lipinski definition) is 1. The molecule has 2 fully saturated rings. The lowest BCUT2D eigenvalue weighted by atomic mass is 9.63. The van der Waals surface area contributed by atoms with E-state index in [1.807, 2.05) is 6.07 Å². The number of likely N-dealkylation sites (N-methyl/N-ethyl adjacent to an activating group) is 1. The molecule has 0 amide bonds. The molecule has 0 saturated carbocycles. The van der Waals surface area contributed by atoms with E-state index in [-0.39, 0.29) is 11.5 Å². The van der Waals surface area contributed by atoms with Crippen LogP contribution in [-0.4, -0.2) is 59.0 Å². The monoisotopic (exact) mass is 574 g/mol. The first-order valence-corrected chi connectivity index (χ1v) is 15.9. The summed E-state index contributed by atoms with van der Waals surface area (Å²) in [5, 5.41) is 15.3. The number of nitrogens with two attached hydrogens (primary N) is 1. The lowest BCUT2D eigenvalue weighted by Crippen LogP contribution is -2.38. The van der Waals surface area contributed by atoms with E-state index in [0.29, 0.717) is 39.9 Å². The maximum absolute atomic E-state index is 10.0. The fourth-order valence-corrected chi connectivity index (χ4v) is 8.99. The average Bonchev–Trinajstić information content (AvgIpc) is 3.70. The Hall–Kier alpha value is -3.00. The smallest absolute Gasteiger partial charge is 0.217 e. The van der Waals surface area contributed by atoms with Crippen LogP contribution in [0.4, 0.5) is 5.00 Å². The summed E-state index contributed by atoms with van der Waals surface area (Å²) >= 11 is 1.56. The molecule has 3 atom stereocenters. The van der Waals surface area contributed by atoms with Gasteiger partial charge in [-0.1, -0.05) is 5.16 Å². The van der Waals surface area contributed by atoms with Gasteiger partial charge in [-0.3, -0.25) is 4.90 Å². The van der Waals surface area contributed by atoms with Crippen molar-refractivity contribution in [2.24, 2.45) is 0 Å². The van der Waals surface area contributed by atoms with Crippen molar-refractivity contribution in [2.45, 2.75) is 94.6 Å². The Kier molecular flexibility index (Phi) is 7.00. The first-order valence-electron chi connectivity index (χ1n) is 15.1. The highest BCUT2D eigenvalue weighted by atomic mass is 32.1. The number of aromatic nitrogens is 3. The molecule has 2 aliphatic heterocycles. The van der Waals surface area contributed by atoms with Gasteiger partial charge in [-0.2, -0.15) is 10.2 Å². The van der Waals surface area contributed by atoms with Crippen molar-refractivity contribution < 1.29 is 14.0 Å². The van der Waals surface area contributed by atoms with Gasteiger partial charge < -0.3 is 19.7 Å². The predicted octanol–water partition coefficient (Wildman–Crippen LogP) is 5.36. The average molecular weight is 575 g/mol. The van der Waals surface area contributed by atoms with Gasteiger partial charge in [-0.25, -0.2) is 4.98 Å². The van der Waals surface area contributed by atoms with Crippen LogP contribution in [0.1, 0.15) is 97.2 Å². The summed E-state index contributed by atoms with van der Waals surface area (Å²) in [6, 6.07) is 4.80. The quantitative estimate of drug-likeness (QED) is 0.429. The first kappa shape index (κ1) is 26.9. The van der Waals surface area contributed by atoms with Crippen molar-refractivity contribution >= 4 is 16.3 Å². The SMILES string of the molecule is C[C@H](Oc1cc(C2CCOCC2)nc(-c2noc3c2CCC[C@@]32CCCc3sc(N)c(C#N)c32)n1)[C@@H]1CCCN1C. The van der Waals surface area contributed by atoms with Gasteiger partial charge in [0.1, 0.15) is 17.2 Å². The minimum atomic E-state index is -0.370. The molecule has 216 valence electrons. The van der Waals surface area contributed by atoms with E-state index >= 15 is 0 Å².